The van der Waals surface area contributed by atoms with Crippen LogP contribution in [0.4, 0.5) is 5.13 Å². The molecule has 1 N–H and O–H groups in total. The average molecular weight is 427 g/mol. The number of amides is 1. The van der Waals surface area contributed by atoms with Crippen molar-refractivity contribution in [2.24, 2.45) is 0 Å². The number of benzene rings is 2. The summed E-state index contributed by atoms with van der Waals surface area (Å²) in [5, 5.41) is 0.722. The Labute approximate surface area is 181 Å². The molecule has 0 fully saturated rings. The van der Waals surface area contributed by atoms with Crippen molar-refractivity contribution in [2.75, 3.05) is 38.7 Å². The Kier molecular flexibility index (Phi) is 5.92. The molecule has 3 aromatic rings. The van der Waals surface area contributed by atoms with E-state index in [1.807, 2.05) is 24.3 Å². The maximum atomic E-state index is 13.5. The monoisotopic (exact) mass is 426 g/mol. The maximum absolute atomic E-state index is 13.5. The predicted octanol–water partition coefficient (Wildman–Crippen LogP) is 2.62. The number of thiazole rings is 1. The molecular weight excluding hydrogens is 398 g/mol. The van der Waals surface area contributed by atoms with Crippen LogP contribution in [-0.2, 0) is 4.79 Å². The van der Waals surface area contributed by atoms with Crippen LogP contribution in [0.25, 0.3) is 10.2 Å². The van der Waals surface area contributed by atoms with Crippen molar-refractivity contribution >= 4 is 32.6 Å². The number of nitrogens with one attached hydrogen (secondary N) is 1. The van der Waals surface area contributed by atoms with Crippen LogP contribution in [0.1, 0.15) is 17.5 Å². The summed E-state index contributed by atoms with van der Waals surface area (Å²) < 4.78 is 12.9. The van der Waals surface area contributed by atoms with Gasteiger partial charge in [-0.1, -0.05) is 29.5 Å². The number of anilines is 1. The normalized spacial score (nSPS) is 15.6. The van der Waals surface area contributed by atoms with Gasteiger partial charge in [-0.05, 0) is 43.2 Å². The zero-order valence-corrected chi connectivity index (χ0v) is 18.7. The number of ether oxygens (including phenoxy) is 2. The van der Waals surface area contributed by atoms with Crippen molar-refractivity contribution in [3.8, 4) is 11.5 Å². The number of rotatable bonds is 6. The second kappa shape index (κ2) is 8.62. The summed E-state index contributed by atoms with van der Waals surface area (Å²) in [4.78, 5) is 21.5. The topological polar surface area (TPSA) is 56.1 Å². The molecule has 0 saturated carbocycles. The Morgan fingerprint density at radius 3 is 2.77 bits per heavy atom. The molecule has 0 saturated heterocycles. The Morgan fingerprint density at radius 2 is 2.00 bits per heavy atom. The second-order valence-corrected chi connectivity index (χ2v) is 9.10. The standard InChI is InChI=1S/C23H27N3O3S/c1-15-12-16(2)21-20(13-15)30-23(24-21)26(11-7-10-25(3)4)22(27)19-14-28-17-8-5-6-9-18(17)29-19/h5-6,8-9,12-13,19H,7,10-11,14H2,1-4H3/p+1/t19-/m1/s1. The lowest BCUT2D eigenvalue weighted by Crippen LogP contribution is -3.05. The largest absolute Gasteiger partial charge is 0.485 e. The molecule has 0 unspecified atom stereocenters. The highest BCUT2D eigenvalue weighted by molar-refractivity contribution is 7.22. The van der Waals surface area contributed by atoms with Crippen molar-refractivity contribution in [3.63, 3.8) is 0 Å². The molecule has 0 radical (unpaired) electrons. The van der Waals surface area contributed by atoms with Crippen LogP contribution in [0.3, 0.4) is 0 Å². The number of carbonyl (C=O) groups excluding carboxylic acids is 1. The van der Waals surface area contributed by atoms with Crippen LogP contribution < -0.4 is 19.3 Å². The van der Waals surface area contributed by atoms with Gasteiger partial charge < -0.3 is 14.4 Å². The number of aromatic nitrogens is 1. The lowest BCUT2D eigenvalue weighted by Gasteiger charge is -2.29. The number of para-hydroxylation sites is 2. The Bertz CT molecular complexity index is 1060. The third-order valence-electron chi connectivity index (χ3n) is 5.16. The highest BCUT2D eigenvalue weighted by Crippen LogP contribution is 2.34. The van der Waals surface area contributed by atoms with Gasteiger partial charge >= 0.3 is 0 Å². The zero-order valence-electron chi connectivity index (χ0n) is 17.9. The summed E-state index contributed by atoms with van der Waals surface area (Å²) in [6, 6.07) is 11.7. The van der Waals surface area contributed by atoms with Gasteiger partial charge in [0.25, 0.3) is 5.91 Å². The van der Waals surface area contributed by atoms with Crippen LogP contribution in [0.15, 0.2) is 36.4 Å². The summed E-state index contributed by atoms with van der Waals surface area (Å²) >= 11 is 1.56. The molecule has 0 spiro atoms. The smallest absolute Gasteiger partial charge is 0.273 e. The van der Waals surface area contributed by atoms with E-state index in [0.717, 1.165) is 33.9 Å². The van der Waals surface area contributed by atoms with Crippen LogP contribution in [0.5, 0.6) is 11.5 Å². The highest BCUT2D eigenvalue weighted by atomic mass is 32.1. The minimum atomic E-state index is -0.679. The summed E-state index contributed by atoms with van der Waals surface area (Å²) in [5.41, 5.74) is 3.29. The number of hydrogen-bond donors (Lipinski definition) is 1. The first-order valence-corrected chi connectivity index (χ1v) is 11.1. The maximum Gasteiger partial charge on any atom is 0.273 e. The molecule has 7 heteroatoms. The van der Waals surface area contributed by atoms with Crippen molar-refractivity contribution in [3.05, 3.63) is 47.5 Å². The molecule has 4 rings (SSSR count). The number of quaternary nitrogens is 1. The van der Waals surface area contributed by atoms with Crippen molar-refractivity contribution in [1.29, 1.82) is 0 Å². The van der Waals surface area contributed by atoms with E-state index < -0.39 is 6.10 Å². The van der Waals surface area contributed by atoms with Gasteiger partial charge in [-0.3, -0.25) is 9.69 Å². The number of fused-ring (bicyclic) bond motifs is 2. The van der Waals surface area contributed by atoms with E-state index in [0.29, 0.717) is 18.0 Å². The first-order valence-electron chi connectivity index (χ1n) is 10.3. The van der Waals surface area contributed by atoms with Gasteiger partial charge in [-0.15, -0.1) is 0 Å². The molecule has 2 heterocycles. The van der Waals surface area contributed by atoms with Gasteiger partial charge in [0, 0.05) is 13.0 Å². The minimum absolute atomic E-state index is 0.105. The van der Waals surface area contributed by atoms with E-state index in [-0.39, 0.29) is 12.5 Å². The number of nitrogens with zero attached hydrogens (tertiary/aromatic N) is 2. The van der Waals surface area contributed by atoms with Crippen molar-refractivity contribution in [2.45, 2.75) is 26.4 Å². The molecule has 30 heavy (non-hydrogen) atoms. The Hall–Kier alpha value is -2.64. The van der Waals surface area contributed by atoms with E-state index in [1.165, 1.54) is 10.5 Å². The lowest BCUT2D eigenvalue weighted by molar-refractivity contribution is -0.858. The Morgan fingerprint density at radius 1 is 1.23 bits per heavy atom. The zero-order chi connectivity index (χ0) is 21.3. The third kappa shape index (κ3) is 4.27. The first kappa shape index (κ1) is 20.6. The van der Waals surface area contributed by atoms with E-state index in [2.05, 4.69) is 40.1 Å². The summed E-state index contributed by atoms with van der Waals surface area (Å²) in [5.74, 6) is 1.18. The molecule has 0 aliphatic carbocycles. The molecule has 1 aliphatic heterocycles. The molecule has 2 aromatic carbocycles. The van der Waals surface area contributed by atoms with Crippen molar-refractivity contribution < 1.29 is 19.2 Å². The quantitative estimate of drug-likeness (QED) is 0.658. The van der Waals surface area contributed by atoms with E-state index in [1.54, 1.807) is 16.2 Å². The van der Waals surface area contributed by atoms with E-state index in [9.17, 15) is 4.79 Å². The molecule has 1 amide bonds. The minimum Gasteiger partial charge on any atom is -0.485 e. The molecule has 1 atom stereocenters. The van der Waals surface area contributed by atoms with Crippen LogP contribution >= 0.6 is 11.3 Å². The molecular formula is C23H28N3O3S+. The fourth-order valence-corrected chi connectivity index (χ4v) is 4.85. The summed E-state index contributed by atoms with van der Waals surface area (Å²) in [6.07, 6.45) is 0.202. The fraction of sp³-hybridized carbons (Fsp3) is 0.391. The van der Waals surface area contributed by atoms with Gasteiger partial charge in [-0.25, -0.2) is 4.98 Å². The number of aryl methyl sites for hydroxylation is 2. The van der Waals surface area contributed by atoms with Gasteiger partial charge in [0.15, 0.2) is 16.6 Å². The molecule has 6 nitrogen and oxygen atoms in total. The second-order valence-electron chi connectivity index (χ2n) is 8.09. The molecule has 1 aliphatic rings. The molecule has 1 aromatic heterocycles. The number of hydrogen-bond acceptors (Lipinski definition) is 5. The van der Waals surface area contributed by atoms with Crippen molar-refractivity contribution in [1.82, 2.24) is 4.98 Å². The van der Waals surface area contributed by atoms with Crippen LogP contribution in [0, 0.1) is 13.8 Å². The fourth-order valence-electron chi connectivity index (χ4n) is 3.68. The van der Waals surface area contributed by atoms with E-state index >= 15 is 0 Å². The summed E-state index contributed by atoms with van der Waals surface area (Å²) in [7, 11) is 4.23. The number of carbonyl (C=O) groups is 1. The predicted molar refractivity (Wildman–Crippen MR) is 120 cm³/mol. The van der Waals surface area contributed by atoms with Gasteiger partial charge in [-0.2, -0.15) is 0 Å². The van der Waals surface area contributed by atoms with Crippen LogP contribution in [-0.4, -0.2) is 50.8 Å². The van der Waals surface area contributed by atoms with Gasteiger partial charge in [0.1, 0.15) is 6.61 Å². The molecule has 0 bridgehead atoms. The first-order chi connectivity index (χ1) is 14.4. The molecule has 158 valence electrons. The van der Waals surface area contributed by atoms with Gasteiger partial charge in [0.05, 0.1) is 30.9 Å². The average Bonchev–Trinajstić information content (AvgIpc) is 3.14. The summed E-state index contributed by atoms with van der Waals surface area (Å²) in [6.45, 7) is 5.92. The SMILES string of the molecule is Cc1cc(C)c2nc(N(CCC[NH+](C)C)C(=O)[C@H]3COc4ccccc4O3)sc2c1. The van der Waals surface area contributed by atoms with E-state index in [4.69, 9.17) is 14.5 Å². The van der Waals surface area contributed by atoms with Crippen LogP contribution in [0.2, 0.25) is 0 Å². The highest BCUT2D eigenvalue weighted by Gasteiger charge is 2.33. The van der Waals surface area contributed by atoms with Gasteiger partial charge in [0.2, 0.25) is 6.10 Å². The lowest BCUT2D eigenvalue weighted by atomic mass is 10.1. The Balaban J connectivity index is 1.63. The third-order valence-corrected chi connectivity index (χ3v) is 6.18.